The summed E-state index contributed by atoms with van der Waals surface area (Å²) in [7, 11) is 1.57. The number of hydrogen-bond donors (Lipinski definition) is 1. The van der Waals surface area contributed by atoms with E-state index in [0.717, 1.165) is 27.6 Å². The Morgan fingerprint density at radius 3 is 2.38 bits per heavy atom. The van der Waals surface area contributed by atoms with Crippen LogP contribution in [0.1, 0.15) is 34.8 Å². The SMILES string of the molecule is CCC(C(=O)NC)N(Cc1ccc(C)cc1)C(=O)CN1C(=O)c2cccc3cccc1c23. The van der Waals surface area contributed by atoms with E-state index < -0.39 is 6.04 Å². The fourth-order valence-corrected chi connectivity index (χ4v) is 4.34. The third kappa shape index (κ3) is 3.84. The third-order valence-corrected chi connectivity index (χ3v) is 6.05. The second kappa shape index (κ2) is 8.83. The van der Waals surface area contributed by atoms with Crippen LogP contribution in [0.15, 0.2) is 60.7 Å². The molecule has 0 aliphatic carbocycles. The molecule has 3 aromatic rings. The van der Waals surface area contributed by atoms with Gasteiger partial charge in [-0.1, -0.05) is 61.0 Å². The van der Waals surface area contributed by atoms with Crippen LogP contribution in [0, 0.1) is 6.92 Å². The summed E-state index contributed by atoms with van der Waals surface area (Å²) in [5, 5.41) is 4.51. The zero-order valence-electron chi connectivity index (χ0n) is 18.6. The summed E-state index contributed by atoms with van der Waals surface area (Å²) >= 11 is 0. The van der Waals surface area contributed by atoms with Gasteiger partial charge in [-0.25, -0.2) is 0 Å². The monoisotopic (exact) mass is 429 g/mol. The van der Waals surface area contributed by atoms with Crippen molar-refractivity contribution in [2.75, 3.05) is 18.5 Å². The van der Waals surface area contributed by atoms with Gasteiger partial charge in [0, 0.05) is 24.5 Å². The van der Waals surface area contributed by atoms with E-state index in [0.29, 0.717) is 18.5 Å². The first kappa shape index (κ1) is 21.6. The number of anilines is 1. The highest BCUT2D eigenvalue weighted by atomic mass is 16.2. The standard InChI is InChI=1S/C26H27N3O3/c1-4-21(25(31)27-3)28(15-18-13-11-17(2)12-14-18)23(30)16-29-22-10-6-8-19-7-5-9-20(24(19)22)26(29)32/h5-14,21H,4,15-16H2,1-3H3,(H,27,31). The van der Waals surface area contributed by atoms with E-state index in [4.69, 9.17) is 0 Å². The lowest BCUT2D eigenvalue weighted by molar-refractivity contribution is -0.140. The molecule has 3 amide bonds. The molecule has 6 heteroatoms. The molecule has 1 aliphatic rings. The van der Waals surface area contributed by atoms with Crippen LogP contribution in [0.3, 0.4) is 0 Å². The van der Waals surface area contributed by atoms with Crippen LogP contribution in [-0.2, 0) is 16.1 Å². The molecule has 1 atom stereocenters. The van der Waals surface area contributed by atoms with Crippen molar-refractivity contribution < 1.29 is 14.4 Å². The minimum absolute atomic E-state index is 0.119. The van der Waals surface area contributed by atoms with Gasteiger partial charge in [-0.2, -0.15) is 0 Å². The van der Waals surface area contributed by atoms with E-state index in [9.17, 15) is 14.4 Å². The molecular weight excluding hydrogens is 402 g/mol. The molecule has 4 rings (SSSR count). The van der Waals surface area contributed by atoms with Gasteiger partial charge in [0.05, 0.1) is 5.69 Å². The number of rotatable bonds is 7. The molecule has 0 spiro atoms. The van der Waals surface area contributed by atoms with Crippen molar-refractivity contribution in [3.05, 3.63) is 77.4 Å². The first-order valence-electron chi connectivity index (χ1n) is 10.8. The molecule has 3 aromatic carbocycles. The summed E-state index contributed by atoms with van der Waals surface area (Å²) < 4.78 is 0. The van der Waals surface area contributed by atoms with Crippen LogP contribution in [0.2, 0.25) is 0 Å². The Balaban J connectivity index is 1.65. The van der Waals surface area contributed by atoms with Gasteiger partial charge in [0.2, 0.25) is 11.8 Å². The van der Waals surface area contributed by atoms with Gasteiger partial charge < -0.3 is 10.2 Å². The Morgan fingerprint density at radius 1 is 1.03 bits per heavy atom. The molecule has 1 aliphatic heterocycles. The molecule has 0 saturated heterocycles. The normalized spacial score (nSPS) is 13.3. The number of carbonyl (C=O) groups excluding carboxylic acids is 3. The lowest BCUT2D eigenvalue weighted by Gasteiger charge is -2.32. The van der Waals surface area contributed by atoms with Crippen molar-refractivity contribution in [3.63, 3.8) is 0 Å². The maximum Gasteiger partial charge on any atom is 0.259 e. The van der Waals surface area contributed by atoms with Crippen molar-refractivity contribution in [1.82, 2.24) is 10.2 Å². The van der Waals surface area contributed by atoms with E-state index >= 15 is 0 Å². The number of likely N-dealkylation sites (N-methyl/N-ethyl adjacent to an activating group) is 1. The van der Waals surface area contributed by atoms with Crippen molar-refractivity contribution in [2.24, 2.45) is 0 Å². The van der Waals surface area contributed by atoms with Crippen LogP contribution in [0.4, 0.5) is 5.69 Å². The van der Waals surface area contributed by atoms with E-state index in [1.807, 2.05) is 68.4 Å². The highest BCUT2D eigenvalue weighted by molar-refractivity contribution is 6.26. The topological polar surface area (TPSA) is 69.7 Å². The van der Waals surface area contributed by atoms with E-state index in [-0.39, 0.29) is 24.3 Å². The van der Waals surface area contributed by atoms with Gasteiger partial charge in [0.15, 0.2) is 0 Å². The number of amides is 3. The summed E-state index contributed by atoms with van der Waals surface area (Å²) in [5.74, 6) is -0.668. The summed E-state index contributed by atoms with van der Waals surface area (Å²) in [4.78, 5) is 42.4. The zero-order chi connectivity index (χ0) is 22.8. The smallest absolute Gasteiger partial charge is 0.259 e. The third-order valence-electron chi connectivity index (χ3n) is 6.05. The number of nitrogens with zero attached hydrogens (tertiary/aromatic N) is 2. The van der Waals surface area contributed by atoms with Crippen LogP contribution in [-0.4, -0.2) is 42.3 Å². The molecule has 6 nitrogen and oxygen atoms in total. The second-order valence-electron chi connectivity index (χ2n) is 8.12. The maximum atomic E-state index is 13.6. The van der Waals surface area contributed by atoms with Gasteiger partial charge in [-0.15, -0.1) is 0 Å². The number of aryl methyl sites for hydroxylation is 1. The minimum Gasteiger partial charge on any atom is -0.357 e. The molecule has 32 heavy (non-hydrogen) atoms. The number of hydrogen-bond acceptors (Lipinski definition) is 3. The molecule has 1 heterocycles. The summed E-state index contributed by atoms with van der Waals surface area (Å²) in [6.45, 7) is 4.06. The summed E-state index contributed by atoms with van der Waals surface area (Å²) in [6, 6.07) is 18.6. The van der Waals surface area contributed by atoms with Gasteiger partial charge in [0.25, 0.3) is 5.91 Å². The zero-order valence-corrected chi connectivity index (χ0v) is 18.6. The molecular formula is C26H27N3O3. The van der Waals surface area contributed by atoms with Gasteiger partial charge in [0.1, 0.15) is 12.6 Å². The van der Waals surface area contributed by atoms with Crippen molar-refractivity contribution in [2.45, 2.75) is 32.9 Å². The minimum atomic E-state index is -0.621. The first-order valence-corrected chi connectivity index (χ1v) is 10.8. The quantitative estimate of drug-likeness (QED) is 0.623. The fraction of sp³-hybridized carbons (Fsp3) is 0.269. The maximum absolute atomic E-state index is 13.6. The Bertz CT molecular complexity index is 1180. The lowest BCUT2D eigenvalue weighted by Crippen LogP contribution is -2.51. The molecule has 164 valence electrons. The van der Waals surface area contributed by atoms with Crippen molar-refractivity contribution in [1.29, 1.82) is 0 Å². The van der Waals surface area contributed by atoms with Gasteiger partial charge >= 0.3 is 0 Å². The van der Waals surface area contributed by atoms with E-state index in [1.165, 1.54) is 4.90 Å². The summed E-state index contributed by atoms with van der Waals surface area (Å²) in [5.41, 5.74) is 3.40. The largest absolute Gasteiger partial charge is 0.357 e. The van der Waals surface area contributed by atoms with E-state index in [2.05, 4.69) is 5.32 Å². The highest BCUT2D eigenvalue weighted by Gasteiger charge is 2.34. The Kier molecular flexibility index (Phi) is 5.95. The van der Waals surface area contributed by atoms with Crippen LogP contribution in [0.25, 0.3) is 10.8 Å². The molecule has 1 N–H and O–H groups in total. The predicted octanol–water partition coefficient (Wildman–Crippen LogP) is 3.66. The fourth-order valence-electron chi connectivity index (χ4n) is 4.34. The molecule has 0 radical (unpaired) electrons. The van der Waals surface area contributed by atoms with Crippen LogP contribution < -0.4 is 10.2 Å². The number of carbonyl (C=O) groups is 3. The van der Waals surface area contributed by atoms with Crippen LogP contribution >= 0.6 is 0 Å². The molecule has 1 unspecified atom stereocenters. The molecule has 0 fully saturated rings. The Hall–Kier alpha value is -3.67. The van der Waals surface area contributed by atoms with Gasteiger partial charge in [-0.05, 0) is 36.4 Å². The second-order valence-corrected chi connectivity index (χ2v) is 8.12. The van der Waals surface area contributed by atoms with Crippen LogP contribution in [0.5, 0.6) is 0 Å². The van der Waals surface area contributed by atoms with Crippen molar-refractivity contribution >= 4 is 34.2 Å². The molecule has 0 aromatic heterocycles. The first-order chi connectivity index (χ1) is 15.4. The summed E-state index contributed by atoms with van der Waals surface area (Å²) in [6.07, 6.45) is 0.473. The molecule has 0 saturated carbocycles. The average Bonchev–Trinajstić information content (AvgIpc) is 3.08. The van der Waals surface area contributed by atoms with Gasteiger partial charge in [-0.3, -0.25) is 19.3 Å². The lowest BCUT2D eigenvalue weighted by atomic mass is 10.1. The molecule has 0 bridgehead atoms. The Morgan fingerprint density at radius 2 is 1.72 bits per heavy atom. The average molecular weight is 430 g/mol. The van der Waals surface area contributed by atoms with Crippen molar-refractivity contribution in [3.8, 4) is 0 Å². The number of benzene rings is 3. The number of nitrogens with one attached hydrogen (secondary N) is 1. The predicted molar refractivity (Wildman–Crippen MR) is 125 cm³/mol. The Labute approximate surface area is 187 Å². The highest BCUT2D eigenvalue weighted by Crippen LogP contribution is 2.37. The van der Waals surface area contributed by atoms with E-state index in [1.54, 1.807) is 18.0 Å².